The summed E-state index contributed by atoms with van der Waals surface area (Å²) in [4.78, 5) is 0. The molecule has 1 saturated carbocycles. The van der Waals surface area contributed by atoms with E-state index in [-0.39, 0.29) is 12.0 Å². The Balaban J connectivity index is 2.17. The molecule has 0 spiro atoms. The fourth-order valence-corrected chi connectivity index (χ4v) is 2.79. The molecular weight excluding hydrogens is 254 g/mol. The van der Waals surface area contributed by atoms with E-state index in [9.17, 15) is 5.11 Å². The second kappa shape index (κ2) is 8.98. The topological polar surface area (TPSA) is 61.7 Å². The minimum absolute atomic E-state index is 0.142. The molecule has 3 N–H and O–H groups in total. The van der Waals surface area contributed by atoms with Gasteiger partial charge in [0.2, 0.25) is 0 Å². The predicted octanol–water partition coefficient (Wildman–Crippen LogP) is 1.94. The van der Waals surface area contributed by atoms with Gasteiger partial charge in [-0.1, -0.05) is 40.0 Å². The van der Waals surface area contributed by atoms with Crippen molar-refractivity contribution in [1.29, 1.82) is 0 Å². The van der Waals surface area contributed by atoms with Gasteiger partial charge in [0.25, 0.3) is 0 Å². The quantitative estimate of drug-likeness (QED) is 0.606. The van der Waals surface area contributed by atoms with Crippen LogP contribution in [0.3, 0.4) is 0 Å². The zero-order valence-corrected chi connectivity index (χ0v) is 13.4. The molecule has 1 fully saturated rings. The molecule has 0 aromatic rings. The molecule has 0 saturated heterocycles. The summed E-state index contributed by atoms with van der Waals surface area (Å²) in [6.07, 6.45) is 6.00. The monoisotopic (exact) mass is 287 g/mol. The molecule has 0 aliphatic heterocycles. The Kier molecular flexibility index (Phi) is 8.03. The Morgan fingerprint density at radius 3 is 2.65 bits per heavy atom. The van der Waals surface area contributed by atoms with E-state index in [2.05, 4.69) is 12.2 Å². The summed E-state index contributed by atoms with van der Waals surface area (Å²) in [6.45, 7) is 7.99. The van der Waals surface area contributed by atoms with E-state index in [0.29, 0.717) is 31.7 Å². The van der Waals surface area contributed by atoms with Gasteiger partial charge >= 0.3 is 0 Å². The molecule has 4 heteroatoms. The number of aliphatic hydroxyl groups excluding tert-OH is 2. The number of hydrogen-bond donors (Lipinski definition) is 3. The van der Waals surface area contributed by atoms with Crippen molar-refractivity contribution in [1.82, 2.24) is 5.32 Å². The van der Waals surface area contributed by atoms with Crippen molar-refractivity contribution in [3.63, 3.8) is 0 Å². The first kappa shape index (κ1) is 17.9. The van der Waals surface area contributed by atoms with Crippen molar-refractivity contribution in [2.75, 3.05) is 26.3 Å². The van der Waals surface area contributed by atoms with E-state index in [4.69, 9.17) is 9.84 Å². The van der Waals surface area contributed by atoms with Crippen LogP contribution < -0.4 is 5.32 Å². The lowest BCUT2D eigenvalue weighted by atomic mass is 9.85. The largest absolute Gasteiger partial charge is 0.396 e. The fourth-order valence-electron chi connectivity index (χ4n) is 2.79. The minimum atomic E-state index is -0.469. The second-order valence-electron chi connectivity index (χ2n) is 6.93. The minimum Gasteiger partial charge on any atom is -0.396 e. The number of hydrogen-bond acceptors (Lipinski definition) is 4. The van der Waals surface area contributed by atoms with Gasteiger partial charge in [0.05, 0.1) is 18.8 Å². The summed E-state index contributed by atoms with van der Waals surface area (Å²) >= 11 is 0. The summed E-state index contributed by atoms with van der Waals surface area (Å²) in [5, 5.41) is 22.3. The molecule has 0 radical (unpaired) electrons. The summed E-state index contributed by atoms with van der Waals surface area (Å²) in [5.41, 5.74) is -0.142. The van der Waals surface area contributed by atoms with Crippen LogP contribution in [0.2, 0.25) is 0 Å². The maximum atomic E-state index is 9.96. The van der Waals surface area contributed by atoms with Crippen LogP contribution in [-0.4, -0.2) is 48.7 Å². The summed E-state index contributed by atoms with van der Waals surface area (Å²) in [6, 6.07) is 0. The fraction of sp³-hybridized carbons (Fsp3) is 1.00. The first-order valence-electron chi connectivity index (χ1n) is 8.09. The van der Waals surface area contributed by atoms with E-state index in [1.54, 1.807) is 0 Å². The van der Waals surface area contributed by atoms with Gasteiger partial charge in [0, 0.05) is 25.1 Å². The third kappa shape index (κ3) is 6.53. The van der Waals surface area contributed by atoms with E-state index in [1.165, 1.54) is 25.7 Å². The Hall–Kier alpha value is -0.160. The molecule has 4 nitrogen and oxygen atoms in total. The molecule has 0 bridgehead atoms. The van der Waals surface area contributed by atoms with Gasteiger partial charge < -0.3 is 20.3 Å². The predicted molar refractivity (Wildman–Crippen MR) is 81.7 cm³/mol. The van der Waals surface area contributed by atoms with Crippen molar-refractivity contribution < 1.29 is 14.9 Å². The molecule has 120 valence electrons. The Bertz CT molecular complexity index is 258. The van der Waals surface area contributed by atoms with E-state index >= 15 is 0 Å². The van der Waals surface area contributed by atoms with Gasteiger partial charge in [-0.25, -0.2) is 0 Å². The van der Waals surface area contributed by atoms with Crippen molar-refractivity contribution in [3.05, 3.63) is 0 Å². The van der Waals surface area contributed by atoms with Gasteiger partial charge in [0.1, 0.15) is 0 Å². The Labute approximate surface area is 123 Å². The second-order valence-corrected chi connectivity index (χ2v) is 6.93. The maximum absolute atomic E-state index is 9.96. The number of ether oxygens (including phenoxy) is 1. The van der Waals surface area contributed by atoms with Gasteiger partial charge in [0.15, 0.2) is 0 Å². The van der Waals surface area contributed by atoms with Crippen molar-refractivity contribution >= 4 is 0 Å². The summed E-state index contributed by atoms with van der Waals surface area (Å²) in [5.74, 6) is 0.664. The van der Waals surface area contributed by atoms with Crippen LogP contribution >= 0.6 is 0 Å². The van der Waals surface area contributed by atoms with Crippen LogP contribution in [0.5, 0.6) is 0 Å². The summed E-state index contributed by atoms with van der Waals surface area (Å²) < 4.78 is 5.92. The third-order valence-electron chi connectivity index (χ3n) is 4.28. The van der Waals surface area contributed by atoms with Crippen LogP contribution in [-0.2, 0) is 4.74 Å². The summed E-state index contributed by atoms with van der Waals surface area (Å²) in [7, 11) is 0. The Morgan fingerprint density at radius 2 is 2.00 bits per heavy atom. The van der Waals surface area contributed by atoms with E-state index in [1.807, 2.05) is 13.8 Å². The van der Waals surface area contributed by atoms with Crippen LogP contribution in [0, 0.1) is 11.3 Å². The maximum Gasteiger partial charge on any atom is 0.0897 e. The molecule has 1 aliphatic carbocycles. The first-order chi connectivity index (χ1) is 9.48. The molecule has 0 aromatic heterocycles. The lowest BCUT2D eigenvalue weighted by molar-refractivity contribution is -0.0503. The van der Waals surface area contributed by atoms with Crippen molar-refractivity contribution in [3.8, 4) is 0 Å². The zero-order chi connectivity index (χ0) is 15.0. The highest BCUT2D eigenvalue weighted by Crippen LogP contribution is 2.29. The molecule has 0 heterocycles. The van der Waals surface area contributed by atoms with E-state index in [0.717, 1.165) is 6.42 Å². The van der Waals surface area contributed by atoms with Crippen molar-refractivity contribution in [2.45, 2.75) is 65.1 Å². The van der Waals surface area contributed by atoms with Gasteiger partial charge in [-0.3, -0.25) is 0 Å². The molecule has 1 aliphatic rings. The lowest BCUT2D eigenvalue weighted by Gasteiger charge is -2.31. The highest BCUT2D eigenvalue weighted by Gasteiger charge is 2.25. The Morgan fingerprint density at radius 1 is 1.30 bits per heavy atom. The smallest absolute Gasteiger partial charge is 0.0897 e. The SMILES string of the molecule is CCC1CCCCC1OCC(O)CNCC(C)(C)CO. The first-order valence-corrected chi connectivity index (χ1v) is 8.09. The molecule has 0 amide bonds. The molecule has 3 atom stereocenters. The molecule has 0 aromatic carbocycles. The number of aliphatic hydroxyl groups is 2. The number of rotatable bonds is 9. The highest BCUT2D eigenvalue weighted by molar-refractivity contribution is 4.76. The standard InChI is InChI=1S/C16H33NO3/c1-4-13-7-5-6-8-15(13)20-10-14(19)9-17-11-16(2,3)12-18/h13-15,17-19H,4-12H2,1-3H3. The van der Waals surface area contributed by atoms with Crippen LogP contribution in [0.4, 0.5) is 0 Å². The van der Waals surface area contributed by atoms with Crippen LogP contribution in [0.25, 0.3) is 0 Å². The molecule has 1 rings (SSSR count). The average molecular weight is 287 g/mol. The molecular formula is C16H33NO3. The molecule has 20 heavy (non-hydrogen) atoms. The van der Waals surface area contributed by atoms with Crippen LogP contribution in [0.15, 0.2) is 0 Å². The van der Waals surface area contributed by atoms with Crippen LogP contribution in [0.1, 0.15) is 52.9 Å². The number of nitrogens with one attached hydrogen (secondary N) is 1. The van der Waals surface area contributed by atoms with E-state index < -0.39 is 6.10 Å². The van der Waals surface area contributed by atoms with Crippen molar-refractivity contribution in [2.24, 2.45) is 11.3 Å². The van der Waals surface area contributed by atoms with Gasteiger partial charge in [-0.2, -0.15) is 0 Å². The molecule has 3 unspecified atom stereocenters. The van der Waals surface area contributed by atoms with Gasteiger partial charge in [-0.05, 0) is 18.8 Å². The third-order valence-corrected chi connectivity index (χ3v) is 4.28. The normalized spacial score (nSPS) is 25.6. The highest BCUT2D eigenvalue weighted by atomic mass is 16.5. The lowest BCUT2D eigenvalue weighted by Crippen LogP contribution is -2.39. The zero-order valence-electron chi connectivity index (χ0n) is 13.4. The van der Waals surface area contributed by atoms with Gasteiger partial charge in [-0.15, -0.1) is 0 Å². The average Bonchev–Trinajstić information content (AvgIpc) is 2.45.